The number of nitrogen functional groups attached to an aromatic ring is 1. The first-order valence-electron chi connectivity index (χ1n) is 5.62. The minimum atomic E-state index is -0.0404. The molecule has 0 fully saturated rings. The number of fused-ring (bicyclic) bond motifs is 1. The molecule has 2 heterocycles. The molecule has 2 aromatic heterocycles. The van der Waals surface area contributed by atoms with Gasteiger partial charge < -0.3 is 5.73 Å². The molecule has 0 amide bonds. The molecule has 19 heavy (non-hydrogen) atoms. The van der Waals surface area contributed by atoms with Crippen LogP contribution in [0.1, 0.15) is 5.56 Å². The van der Waals surface area contributed by atoms with Crippen molar-refractivity contribution < 1.29 is 0 Å². The zero-order valence-corrected chi connectivity index (χ0v) is 12.2. The predicted octanol–water partition coefficient (Wildman–Crippen LogP) is 2.85. The van der Waals surface area contributed by atoms with Gasteiger partial charge in [0.05, 0.1) is 18.3 Å². The van der Waals surface area contributed by atoms with E-state index in [0.29, 0.717) is 17.6 Å². The summed E-state index contributed by atoms with van der Waals surface area (Å²) in [5.41, 5.74) is 7.46. The van der Waals surface area contributed by atoms with Crippen LogP contribution in [0.5, 0.6) is 0 Å². The fraction of sp³-hybridized carbons (Fsp3) is 0.0769. The molecular weight excluding hydrogens is 326 g/mol. The Balaban J connectivity index is 2.11. The highest BCUT2D eigenvalue weighted by atomic mass is 79.9. The number of hydrogen-bond acceptors (Lipinski definition) is 4. The minimum absolute atomic E-state index is 0.0404. The molecule has 0 aliphatic heterocycles. The third kappa shape index (κ3) is 2.17. The van der Waals surface area contributed by atoms with E-state index in [2.05, 4.69) is 20.9 Å². The van der Waals surface area contributed by atoms with Gasteiger partial charge in [0.25, 0.3) is 5.56 Å². The highest BCUT2D eigenvalue weighted by molar-refractivity contribution is 9.10. The first-order chi connectivity index (χ1) is 9.16. The highest BCUT2D eigenvalue weighted by Gasteiger charge is 2.09. The molecule has 1 aromatic carbocycles. The van der Waals surface area contributed by atoms with Crippen LogP contribution in [0.2, 0.25) is 0 Å². The summed E-state index contributed by atoms with van der Waals surface area (Å²) < 4.78 is 2.47. The van der Waals surface area contributed by atoms with Crippen LogP contribution in [0.3, 0.4) is 0 Å². The van der Waals surface area contributed by atoms with E-state index in [4.69, 9.17) is 5.73 Å². The van der Waals surface area contributed by atoms with Gasteiger partial charge in [0.2, 0.25) is 0 Å². The molecule has 0 radical (unpaired) electrons. The molecule has 0 saturated carbocycles. The van der Waals surface area contributed by atoms with Gasteiger partial charge in [-0.1, -0.05) is 22.0 Å². The summed E-state index contributed by atoms with van der Waals surface area (Å²) in [4.78, 5) is 17.3. The van der Waals surface area contributed by atoms with Crippen molar-refractivity contribution in [2.24, 2.45) is 0 Å². The van der Waals surface area contributed by atoms with E-state index in [1.54, 1.807) is 17.0 Å². The van der Waals surface area contributed by atoms with Crippen molar-refractivity contribution in [1.82, 2.24) is 9.55 Å². The number of halogens is 1. The average molecular weight is 336 g/mol. The molecule has 3 aromatic rings. The van der Waals surface area contributed by atoms with E-state index < -0.39 is 0 Å². The lowest BCUT2D eigenvalue weighted by Gasteiger charge is -2.10. The Morgan fingerprint density at radius 3 is 3.00 bits per heavy atom. The Morgan fingerprint density at radius 2 is 2.21 bits per heavy atom. The van der Waals surface area contributed by atoms with Crippen LogP contribution in [0.15, 0.2) is 45.2 Å². The van der Waals surface area contributed by atoms with Crippen molar-refractivity contribution in [1.29, 1.82) is 0 Å². The summed E-state index contributed by atoms with van der Waals surface area (Å²) >= 11 is 4.92. The number of nitrogens with zero attached hydrogens (tertiary/aromatic N) is 2. The van der Waals surface area contributed by atoms with Crippen molar-refractivity contribution >= 4 is 43.2 Å². The Bertz CT molecular complexity index is 789. The predicted molar refractivity (Wildman–Crippen MR) is 81.5 cm³/mol. The molecule has 0 saturated heterocycles. The van der Waals surface area contributed by atoms with Gasteiger partial charge in [-0.3, -0.25) is 9.36 Å². The fourth-order valence-corrected chi connectivity index (χ4v) is 3.15. The van der Waals surface area contributed by atoms with E-state index in [1.807, 2.05) is 23.6 Å². The topological polar surface area (TPSA) is 60.9 Å². The fourth-order valence-electron chi connectivity index (χ4n) is 1.92. The van der Waals surface area contributed by atoms with Crippen LogP contribution < -0.4 is 11.3 Å². The Hall–Kier alpha value is -1.66. The van der Waals surface area contributed by atoms with Crippen molar-refractivity contribution in [2.75, 3.05) is 5.73 Å². The third-order valence-electron chi connectivity index (χ3n) is 2.93. The number of benzene rings is 1. The summed E-state index contributed by atoms with van der Waals surface area (Å²) in [5, 5.41) is 2.52. The molecule has 2 N–H and O–H groups in total. The van der Waals surface area contributed by atoms with Gasteiger partial charge in [0.1, 0.15) is 4.83 Å². The van der Waals surface area contributed by atoms with Crippen molar-refractivity contribution in [2.45, 2.75) is 6.54 Å². The van der Waals surface area contributed by atoms with Gasteiger partial charge in [-0.2, -0.15) is 0 Å². The first kappa shape index (κ1) is 12.4. The van der Waals surface area contributed by atoms with E-state index in [0.717, 1.165) is 14.9 Å². The van der Waals surface area contributed by atoms with Gasteiger partial charge in [0.15, 0.2) is 0 Å². The van der Waals surface area contributed by atoms with Crippen molar-refractivity contribution in [3.05, 3.63) is 56.4 Å². The number of hydrogen-bond donors (Lipinski definition) is 1. The molecule has 0 spiro atoms. The molecular formula is C13H10BrN3OS. The van der Waals surface area contributed by atoms with E-state index in [1.165, 1.54) is 11.3 Å². The van der Waals surface area contributed by atoms with Gasteiger partial charge in [-0.05, 0) is 23.6 Å². The monoisotopic (exact) mass is 335 g/mol. The molecule has 0 aliphatic carbocycles. The number of nitrogens with two attached hydrogens (primary N) is 1. The number of thiophene rings is 1. The maximum atomic E-state index is 12.3. The summed E-state index contributed by atoms with van der Waals surface area (Å²) in [6.07, 6.45) is 1.57. The third-order valence-corrected chi connectivity index (χ3v) is 4.50. The molecule has 0 bridgehead atoms. The Morgan fingerprint density at radius 1 is 1.37 bits per heavy atom. The van der Waals surface area contributed by atoms with E-state index in [-0.39, 0.29) is 5.56 Å². The summed E-state index contributed by atoms with van der Waals surface area (Å²) in [6.45, 7) is 0.408. The SMILES string of the molecule is Nc1cccc(Br)c1Cn1cnc2sccc2c1=O. The lowest BCUT2D eigenvalue weighted by atomic mass is 10.2. The number of aromatic nitrogens is 2. The average Bonchev–Trinajstić information content (AvgIpc) is 2.85. The highest BCUT2D eigenvalue weighted by Crippen LogP contribution is 2.23. The van der Waals surface area contributed by atoms with Crippen LogP contribution in [-0.4, -0.2) is 9.55 Å². The smallest absolute Gasteiger partial charge is 0.262 e. The van der Waals surface area contributed by atoms with E-state index in [9.17, 15) is 4.79 Å². The number of anilines is 1. The molecule has 0 unspecified atom stereocenters. The standard InChI is InChI=1S/C13H10BrN3OS/c14-10-2-1-3-11(15)9(10)6-17-7-16-12-8(13(17)18)4-5-19-12/h1-5,7H,6,15H2. The van der Waals surface area contributed by atoms with Crippen molar-refractivity contribution in [3.8, 4) is 0 Å². The lowest BCUT2D eigenvalue weighted by molar-refractivity contribution is 0.748. The van der Waals surface area contributed by atoms with Gasteiger partial charge in [-0.25, -0.2) is 4.98 Å². The van der Waals surface area contributed by atoms with Gasteiger partial charge in [0, 0.05) is 15.7 Å². The molecule has 3 rings (SSSR count). The second-order valence-corrected chi connectivity index (χ2v) is 5.87. The largest absolute Gasteiger partial charge is 0.398 e. The maximum Gasteiger partial charge on any atom is 0.262 e. The number of rotatable bonds is 2. The normalized spacial score (nSPS) is 11.0. The molecule has 96 valence electrons. The first-order valence-corrected chi connectivity index (χ1v) is 7.29. The Labute approximate surface area is 121 Å². The summed E-state index contributed by atoms with van der Waals surface area (Å²) in [6, 6.07) is 7.40. The van der Waals surface area contributed by atoms with Crippen LogP contribution in [0.25, 0.3) is 10.2 Å². The van der Waals surface area contributed by atoms with Crippen LogP contribution in [-0.2, 0) is 6.54 Å². The zero-order valence-electron chi connectivity index (χ0n) is 9.84. The van der Waals surface area contributed by atoms with Crippen LogP contribution in [0.4, 0.5) is 5.69 Å². The second-order valence-electron chi connectivity index (χ2n) is 4.12. The maximum absolute atomic E-state index is 12.3. The van der Waals surface area contributed by atoms with Gasteiger partial charge in [-0.15, -0.1) is 11.3 Å². The molecule has 6 heteroatoms. The lowest BCUT2D eigenvalue weighted by Crippen LogP contribution is -2.21. The quantitative estimate of drug-likeness (QED) is 0.732. The molecule has 0 atom stereocenters. The Kier molecular flexibility index (Phi) is 3.12. The zero-order chi connectivity index (χ0) is 13.4. The van der Waals surface area contributed by atoms with Gasteiger partial charge >= 0.3 is 0 Å². The van der Waals surface area contributed by atoms with Crippen molar-refractivity contribution in [3.63, 3.8) is 0 Å². The van der Waals surface area contributed by atoms with E-state index >= 15 is 0 Å². The molecule has 0 aliphatic rings. The summed E-state index contributed by atoms with van der Waals surface area (Å²) in [7, 11) is 0. The minimum Gasteiger partial charge on any atom is -0.398 e. The summed E-state index contributed by atoms with van der Waals surface area (Å²) in [5.74, 6) is 0. The van der Waals surface area contributed by atoms with Crippen LogP contribution in [0, 0.1) is 0 Å². The second kappa shape index (κ2) is 4.79. The van der Waals surface area contributed by atoms with Crippen LogP contribution >= 0.6 is 27.3 Å². The molecule has 4 nitrogen and oxygen atoms in total.